The van der Waals surface area contributed by atoms with Gasteiger partial charge < -0.3 is 9.26 Å². The first-order chi connectivity index (χ1) is 11.2. The van der Waals surface area contributed by atoms with Crippen LogP contribution in [0.5, 0.6) is 0 Å². The minimum absolute atomic E-state index is 0.239. The molecule has 1 aromatic heterocycles. The van der Waals surface area contributed by atoms with Crippen LogP contribution < -0.4 is 0 Å². The maximum atomic E-state index is 13.8. The fourth-order valence-corrected chi connectivity index (χ4v) is 3.33. The lowest BCUT2D eigenvalue weighted by molar-refractivity contribution is -0.0370. The molecule has 23 heavy (non-hydrogen) atoms. The molecule has 7 heteroatoms. The van der Waals surface area contributed by atoms with Gasteiger partial charge in [-0.15, -0.1) is 0 Å². The highest BCUT2D eigenvalue weighted by molar-refractivity contribution is 5.54. The molecule has 122 valence electrons. The van der Waals surface area contributed by atoms with Crippen molar-refractivity contribution < 1.29 is 13.7 Å². The molecule has 0 amide bonds. The van der Waals surface area contributed by atoms with Crippen LogP contribution in [0.25, 0.3) is 11.4 Å². The maximum Gasteiger partial charge on any atom is 0.241 e. The van der Waals surface area contributed by atoms with Gasteiger partial charge in [0.15, 0.2) is 0 Å². The number of benzene rings is 1. The van der Waals surface area contributed by atoms with Crippen LogP contribution in [0.1, 0.15) is 5.89 Å². The van der Waals surface area contributed by atoms with E-state index in [1.165, 1.54) is 6.07 Å². The van der Waals surface area contributed by atoms with Crippen LogP contribution in [-0.2, 0) is 11.3 Å². The second kappa shape index (κ2) is 5.99. The summed E-state index contributed by atoms with van der Waals surface area (Å²) in [6, 6.07) is 6.85. The second-order valence-corrected chi connectivity index (χ2v) is 6.14. The third-order valence-corrected chi connectivity index (χ3v) is 4.60. The van der Waals surface area contributed by atoms with Crippen LogP contribution in [0, 0.1) is 5.82 Å². The highest BCUT2D eigenvalue weighted by atomic mass is 19.1. The summed E-state index contributed by atoms with van der Waals surface area (Å²) in [4.78, 5) is 8.91. The molecule has 2 aliphatic rings. The molecule has 2 fully saturated rings. The Morgan fingerprint density at radius 1 is 1.30 bits per heavy atom. The molecule has 1 aromatic carbocycles. The topological polar surface area (TPSA) is 54.6 Å². The molecule has 0 spiro atoms. The van der Waals surface area contributed by atoms with E-state index in [0.29, 0.717) is 29.9 Å². The van der Waals surface area contributed by atoms with E-state index >= 15 is 0 Å². The monoisotopic (exact) mass is 318 g/mol. The molecule has 4 rings (SSSR count). The molecule has 0 saturated carbocycles. The number of halogens is 1. The van der Waals surface area contributed by atoms with Crippen molar-refractivity contribution in [3.05, 3.63) is 36.0 Å². The summed E-state index contributed by atoms with van der Waals surface area (Å²) in [7, 11) is 2.13. The Morgan fingerprint density at radius 2 is 2.17 bits per heavy atom. The van der Waals surface area contributed by atoms with Crippen molar-refractivity contribution in [3.63, 3.8) is 0 Å². The molecule has 0 radical (unpaired) electrons. The zero-order chi connectivity index (χ0) is 15.8. The summed E-state index contributed by atoms with van der Waals surface area (Å²) < 4.78 is 24.9. The number of likely N-dealkylation sites (N-methyl/N-ethyl adjacent to an activating group) is 1. The second-order valence-electron chi connectivity index (χ2n) is 6.14. The van der Waals surface area contributed by atoms with Crippen molar-refractivity contribution in [2.75, 3.05) is 33.3 Å². The van der Waals surface area contributed by atoms with Gasteiger partial charge in [0.1, 0.15) is 5.82 Å². The van der Waals surface area contributed by atoms with Crippen molar-refractivity contribution in [2.45, 2.75) is 18.7 Å². The van der Waals surface area contributed by atoms with Crippen LogP contribution in [-0.4, -0.2) is 65.4 Å². The van der Waals surface area contributed by atoms with Gasteiger partial charge >= 0.3 is 0 Å². The van der Waals surface area contributed by atoms with Gasteiger partial charge in [-0.25, -0.2) is 4.39 Å². The van der Waals surface area contributed by atoms with Gasteiger partial charge in [0.25, 0.3) is 0 Å². The van der Waals surface area contributed by atoms with Crippen LogP contribution >= 0.6 is 0 Å². The van der Waals surface area contributed by atoms with Gasteiger partial charge in [-0.1, -0.05) is 17.3 Å². The SMILES string of the molecule is CN1CCO[C@@H]2CN(Cc3nc(-c4ccccc4F)no3)C[C@@H]21. The number of aromatic nitrogens is 2. The first-order valence-corrected chi connectivity index (χ1v) is 7.82. The average Bonchev–Trinajstić information content (AvgIpc) is 3.16. The summed E-state index contributed by atoms with van der Waals surface area (Å²) in [6.45, 7) is 4.08. The first-order valence-electron chi connectivity index (χ1n) is 7.82. The number of rotatable bonds is 3. The van der Waals surface area contributed by atoms with Crippen LogP contribution in [0.3, 0.4) is 0 Å². The summed E-state index contributed by atoms with van der Waals surface area (Å²) in [5.74, 6) is 0.453. The minimum Gasteiger partial charge on any atom is -0.374 e. The Hall–Kier alpha value is -1.83. The molecule has 0 bridgehead atoms. The predicted octanol–water partition coefficient (Wildman–Crippen LogP) is 1.39. The average molecular weight is 318 g/mol. The molecule has 0 unspecified atom stereocenters. The van der Waals surface area contributed by atoms with Gasteiger partial charge in [0, 0.05) is 25.7 Å². The van der Waals surface area contributed by atoms with E-state index in [1.54, 1.807) is 18.2 Å². The van der Waals surface area contributed by atoms with Gasteiger partial charge in [-0.3, -0.25) is 9.80 Å². The Balaban J connectivity index is 1.46. The number of hydrogen-bond donors (Lipinski definition) is 0. The number of likely N-dealkylation sites (tertiary alicyclic amines) is 1. The van der Waals surface area contributed by atoms with E-state index in [2.05, 4.69) is 27.0 Å². The Bertz CT molecular complexity index is 692. The van der Waals surface area contributed by atoms with E-state index in [-0.39, 0.29) is 11.9 Å². The van der Waals surface area contributed by atoms with Crippen LogP contribution in [0.4, 0.5) is 4.39 Å². The van der Waals surface area contributed by atoms with Gasteiger partial charge in [0.05, 0.1) is 24.8 Å². The van der Waals surface area contributed by atoms with Crippen molar-refractivity contribution in [2.24, 2.45) is 0 Å². The standard InChI is InChI=1S/C16H19FN4O2/c1-20-6-7-22-14-9-21(8-13(14)20)10-15-18-16(19-23-15)11-4-2-3-5-12(11)17/h2-5,13-14H,6-10H2,1H3/t13-,14+/m0/s1. The predicted molar refractivity (Wildman–Crippen MR) is 81.1 cm³/mol. The van der Waals surface area contributed by atoms with Crippen LogP contribution in [0.15, 0.2) is 28.8 Å². The number of nitrogens with zero attached hydrogens (tertiary/aromatic N) is 4. The Kier molecular flexibility index (Phi) is 3.84. The van der Waals surface area contributed by atoms with E-state index < -0.39 is 0 Å². The number of fused-ring (bicyclic) bond motifs is 1. The largest absolute Gasteiger partial charge is 0.374 e. The summed E-state index contributed by atoms with van der Waals surface area (Å²) in [5.41, 5.74) is 0.362. The fraction of sp³-hybridized carbons (Fsp3) is 0.500. The molecule has 0 N–H and O–H groups in total. The molecule has 0 aliphatic carbocycles. The number of ether oxygens (including phenoxy) is 1. The zero-order valence-electron chi connectivity index (χ0n) is 13.0. The van der Waals surface area contributed by atoms with E-state index in [0.717, 1.165) is 26.2 Å². The molecule has 6 nitrogen and oxygen atoms in total. The normalized spacial score (nSPS) is 25.7. The Morgan fingerprint density at radius 3 is 3.00 bits per heavy atom. The third kappa shape index (κ3) is 2.87. The summed E-state index contributed by atoms with van der Waals surface area (Å²) in [5, 5.41) is 3.90. The lowest BCUT2D eigenvalue weighted by Gasteiger charge is -2.33. The van der Waals surface area contributed by atoms with Crippen molar-refractivity contribution in [3.8, 4) is 11.4 Å². The molecule has 2 aliphatic heterocycles. The molecule has 3 heterocycles. The van der Waals surface area contributed by atoms with Crippen molar-refractivity contribution in [1.82, 2.24) is 19.9 Å². The lowest BCUT2D eigenvalue weighted by Crippen LogP contribution is -2.48. The summed E-state index contributed by atoms with van der Waals surface area (Å²) in [6.07, 6.45) is 0.239. The first kappa shape index (κ1) is 14.7. The highest BCUT2D eigenvalue weighted by Crippen LogP contribution is 2.24. The van der Waals surface area contributed by atoms with Gasteiger partial charge in [0.2, 0.25) is 11.7 Å². The van der Waals surface area contributed by atoms with E-state index in [4.69, 9.17) is 9.26 Å². The molecular weight excluding hydrogens is 299 g/mol. The zero-order valence-corrected chi connectivity index (χ0v) is 13.0. The van der Waals surface area contributed by atoms with E-state index in [9.17, 15) is 4.39 Å². The smallest absolute Gasteiger partial charge is 0.241 e. The molecule has 2 aromatic rings. The van der Waals surface area contributed by atoms with Crippen molar-refractivity contribution in [1.29, 1.82) is 0 Å². The maximum absolute atomic E-state index is 13.8. The van der Waals surface area contributed by atoms with Gasteiger partial charge in [-0.05, 0) is 19.2 Å². The summed E-state index contributed by atoms with van der Waals surface area (Å²) >= 11 is 0. The van der Waals surface area contributed by atoms with Gasteiger partial charge in [-0.2, -0.15) is 4.98 Å². The highest BCUT2D eigenvalue weighted by Gasteiger charge is 2.38. The number of hydrogen-bond acceptors (Lipinski definition) is 6. The Labute approximate surface area is 133 Å². The molecular formula is C16H19FN4O2. The molecule has 2 atom stereocenters. The minimum atomic E-state index is -0.345. The van der Waals surface area contributed by atoms with E-state index in [1.807, 2.05) is 0 Å². The number of morpholine rings is 1. The quantitative estimate of drug-likeness (QED) is 0.852. The van der Waals surface area contributed by atoms with Crippen LogP contribution in [0.2, 0.25) is 0 Å². The fourth-order valence-electron chi connectivity index (χ4n) is 3.33. The van der Waals surface area contributed by atoms with Crippen molar-refractivity contribution >= 4 is 0 Å². The third-order valence-electron chi connectivity index (χ3n) is 4.60. The lowest BCUT2D eigenvalue weighted by atomic mass is 10.1. The molecule has 2 saturated heterocycles.